The fourth-order valence-electron chi connectivity index (χ4n) is 2.03. The maximum Gasteiger partial charge on any atom is 0.326 e. The number of aliphatic carboxylic acids is 1. The van der Waals surface area contributed by atoms with Gasteiger partial charge in [0, 0.05) is 6.54 Å². The van der Waals surface area contributed by atoms with Crippen molar-refractivity contribution in [2.75, 3.05) is 6.54 Å². The van der Waals surface area contributed by atoms with Crippen LogP contribution in [0.15, 0.2) is 0 Å². The molecule has 92 valence electrons. The van der Waals surface area contributed by atoms with Crippen LogP contribution < -0.4 is 5.73 Å². The Balaban J connectivity index is 2.76. The third-order valence-electron chi connectivity index (χ3n) is 3.19. The van der Waals surface area contributed by atoms with Gasteiger partial charge >= 0.3 is 5.97 Å². The van der Waals surface area contributed by atoms with Crippen molar-refractivity contribution in [3.8, 4) is 0 Å². The summed E-state index contributed by atoms with van der Waals surface area (Å²) in [7, 11) is 0. The summed E-state index contributed by atoms with van der Waals surface area (Å²) in [6, 6.07) is -1.27. The lowest BCUT2D eigenvalue weighted by atomic mass is 9.92. The summed E-state index contributed by atoms with van der Waals surface area (Å²) in [4.78, 5) is 24.4. The molecule has 0 spiro atoms. The summed E-state index contributed by atoms with van der Waals surface area (Å²) in [6.07, 6.45) is 1.92. The van der Waals surface area contributed by atoms with Crippen molar-refractivity contribution >= 4 is 11.9 Å². The van der Waals surface area contributed by atoms with Crippen LogP contribution in [-0.2, 0) is 9.59 Å². The Morgan fingerprint density at radius 1 is 1.56 bits per heavy atom. The van der Waals surface area contributed by atoms with Crippen LogP contribution in [0.3, 0.4) is 0 Å². The van der Waals surface area contributed by atoms with Crippen molar-refractivity contribution in [3.05, 3.63) is 0 Å². The van der Waals surface area contributed by atoms with E-state index in [2.05, 4.69) is 0 Å². The molecule has 1 rings (SSSR count). The van der Waals surface area contributed by atoms with Crippen LogP contribution in [0.1, 0.15) is 33.1 Å². The minimum atomic E-state index is -0.928. The van der Waals surface area contributed by atoms with Gasteiger partial charge in [0.2, 0.25) is 5.91 Å². The molecule has 16 heavy (non-hydrogen) atoms. The lowest BCUT2D eigenvalue weighted by molar-refractivity contribution is -0.153. The van der Waals surface area contributed by atoms with E-state index in [1.54, 1.807) is 0 Å². The predicted molar refractivity (Wildman–Crippen MR) is 59.8 cm³/mol. The summed E-state index contributed by atoms with van der Waals surface area (Å²) >= 11 is 0. The van der Waals surface area contributed by atoms with E-state index < -0.39 is 18.1 Å². The molecule has 1 amide bonds. The summed E-state index contributed by atoms with van der Waals surface area (Å²) in [6.45, 7) is 4.34. The number of piperidine rings is 1. The predicted octanol–water partition coefficient (Wildman–Crippen LogP) is 0.435. The molecule has 1 saturated heterocycles. The second-order valence-electron chi connectivity index (χ2n) is 4.53. The van der Waals surface area contributed by atoms with Crippen molar-refractivity contribution in [2.24, 2.45) is 11.7 Å². The molecule has 2 unspecified atom stereocenters. The Morgan fingerprint density at radius 3 is 2.69 bits per heavy atom. The molecule has 0 bridgehead atoms. The van der Waals surface area contributed by atoms with Crippen molar-refractivity contribution < 1.29 is 14.7 Å². The molecule has 0 aromatic carbocycles. The van der Waals surface area contributed by atoms with E-state index in [4.69, 9.17) is 10.8 Å². The summed E-state index contributed by atoms with van der Waals surface area (Å²) in [5, 5.41) is 9.10. The molecule has 3 N–H and O–H groups in total. The highest BCUT2D eigenvalue weighted by molar-refractivity contribution is 5.87. The number of carbonyl (C=O) groups excluding carboxylic acids is 1. The average molecular weight is 228 g/mol. The lowest BCUT2D eigenvalue weighted by Gasteiger charge is -2.37. The van der Waals surface area contributed by atoms with Gasteiger partial charge in [0.05, 0.1) is 6.04 Å². The van der Waals surface area contributed by atoms with Gasteiger partial charge in [-0.25, -0.2) is 4.79 Å². The number of hydrogen-bond donors (Lipinski definition) is 2. The van der Waals surface area contributed by atoms with Gasteiger partial charge in [0.25, 0.3) is 0 Å². The van der Waals surface area contributed by atoms with Crippen LogP contribution in [0.4, 0.5) is 0 Å². The molecule has 0 aliphatic carbocycles. The molecule has 0 radical (unpaired) electrons. The first-order valence-electron chi connectivity index (χ1n) is 5.76. The minimum Gasteiger partial charge on any atom is -0.480 e. The minimum absolute atomic E-state index is 0.234. The third-order valence-corrected chi connectivity index (χ3v) is 3.19. The molecular formula is C11H20N2O3. The smallest absolute Gasteiger partial charge is 0.326 e. The molecule has 0 saturated carbocycles. The van der Waals surface area contributed by atoms with E-state index >= 15 is 0 Å². The van der Waals surface area contributed by atoms with Crippen molar-refractivity contribution in [1.82, 2.24) is 4.90 Å². The van der Waals surface area contributed by atoms with Gasteiger partial charge in [0.1, 0.15) is 6.04 Å². The molecule has 1 fully saturated rings. The molecule has 5 nitrogen and oxygen atoms in total. The fraction of sp³-hybridized carbons (Fsp3) is 0.818. The largest absolute Gasteiger partial charge is 0.480 e. The second-order valence-corrected chi connectivity index (χ2v) is 4.53. The Labute approximate surface area is 95.6 Å². The Hall–Kier alpha value is -1.10. The topological polar surface area (TPSA) is 83.6 Å². The first-order chi connectivity index (χ1) is 7.47. The number of amides is 1. The second kappa shape index (κ2) is 5.30. The van der Waals surface area contributed by atoms with Gasteiger partial charge in [-0.3, -0.25) is 4.79 Å². The maximum atomic E-state index is 11.9. The molecule has 3 atom stereocenters. The van der Waals surface area contributed by atoms with Crippen LogP contribution in [0.5, 0.6) is 0 Å². The number of carbonyl (C=O) groups is 2. The average Bonchev–Trinajstić information content (AvgIpc) is 2.26. The van der Waals surface area contributed by atoms with Gasteiger partial charge in [-0.2, -0.15) is 0 Å². The Kier molecular flexibility index (Phi) is 4.29. The molecule has 1 aliphatic rings. The summed E-state index contributed by atoms with van der Waals surface area (Å²) < 4.78 is 0. The van der Waals surface area contributed by atoms with E-state index in [0.717, 1.165) is 6.42 Å². The van der Waals surface area contributed by atoms with Crippen LogP contribution in [0.2, 0.25) is 0 Å². The number of likely N-dealkylation sites (tertiary alicyclic amines) is 1. The number of rotatable bonds is 3. The van der Waals surface area contributed by atoms with Crippen molar-refractivity contribution in [3.63, 3.8) is 0 Å². The number of hydrogen-bond acceptors (Lipinski definition) is 3. The zero-order valence-electron chi connectivity index (χ0n) is 9.85. The van der Waals surface area contributed by atoms with Gasteiger partial charge in [-0.1, -0.05) is 13.8 Å². The highest BCUT2D eigenvalue weighted by atomic mass is 16.4. The quantitative estimate of drug-likeness (QED) is 0.734. The normalized spacial score (nSPS) is 27.6. The lowest BCUT2D eigenvalue weighted by Crippen LogP contribution is -2.54. The maximum absolute atomic E-state index is 11.9. The molecule has 5 heteroatoms. The van der Waals surface area contributed by atoms with E-state index in [1.807, 2.05) is 13.8 Å². The Bertz CT molecular complexity index is 280. The van der Waals surface area contributed by atoms with Gasteiger partial charge in [-0.15, -0.1) is 0 Å². The van der Waals surface area contributed by atoms with Crippen LogP contribution in [0, 0.1) is 5.92 Å². The van der Waals surface area contributed by atoms with Gasteiger partial charge in [-0.05, 0) is 25.2 Å². The van der Waals surface area contributed by atoms with E-state index in [1.165, 1.54) is 4.90 Å². The molecule has 0 aromatic rings. The Morgan fingerprint density at radius 2 is 2.19 bits per heavy atom. The van der Waals surface area contributed by atoms with Crippen LogP contribution in [0.25, 0.3) is 0 Å². The summed E-state index contributed by atoms with van der Waals surface area (Å²) in [5.41, 5.74) is 5.66. The standard InChI is InChI=1S/C11H20N2O3/c1-3-8(12)10(14)13-5-4-7(2)6-9(13)11(15)16/h7-9H,3-6,12H2,1-2H3,(H,15,16)/t7?,8-,9?/m1/s1. The highest BCUT2D eigenvalue weighted by Gasteiger charge is 2.36. The third kappa shape index (κ3) is 2.72. The number of carboxylic acids is 1. The van der Waals surface area contributed by atoms with Gasteiger partial charge < -0.3 is 15.7 Å². The molecule has 1 heterocycles. The fourth-order valence-corrected chi connectivity index (χ4v) is 2.03. The molecule has 1 aliphatic heterocycles. The zero-order chi connectivity index (χ0) is 12.3. The first-order valence-corrected chi connectivity index (χ1v) is 5.76. The highest BCUT2D eigenvalue weighted by Crippen LogP contribution is 2.23. The first kappa shape index (κ1) is 13.0. The van der Waals surface area contributed by atoms with Crippen molar-refractivity contribution in [1.29, 1.82) is 0 Å². The SMILES string of the molecule is CC[C@@H](N)C(=O)N1CCC(C)CC1C(=O)O. The van der Waals surface area contributed by atoms with Gasteiger partial charge in [0.15, 0.2) is 0 Å². The monoisotopic (exact) mass is 228 g/mol. The summed E-state index contributed by atoms with van der Waals surface area (Å²) in [5.74, 6) is -0.812. The van der Waals surface area contributed by atoms with E-state index in [9.17, 15) is 9.59 Å². The van der Waals surface area contributed by atoms with Crippen LogP contribution in [-0.4, -0.2) is 40.5 Å². The molecular weight excluding hydrogens is 208 g/mol. The number of carboxylic acid groups (broad SMARTS) is 1. The number of nitrogens with two attached hydrogens (primary N) is 1. The van der Waals surface area contributed by atoms with Crippen LogP contribution >= 0.6 is 0 Å². The van der Waals surface area contributed by atoms with E-state index in [0.29, 0.717) is 25.3 Å². The zero-order valence-corrected chi connectivity index (χ0v) is 9.85. The van der Waals surface area contributed by atoms with E-state index in [-0.39, 0.29) is 5.91 Å². The number of nitrogens with zero attached hydrogens (tertiary/aromatic N) is 1. The van der Waals surface area contributed by atoms with Crippen molar-refractivity contribution in [2.45, 2.75) is 45.2 Å². The molecule has 0 aromatic heterocycles.